The van der Waals surface area contributed by atoms with Gasteiger partial charge in [-0.05, 0) is 49.9 Å². The molecule has 0 unspecified atom stereocenters. The number of benzene rings is 2. The normalized spacial score (nSPS) is 17.8. The van der Waals surface area contributed by atoms with Gasteiger partial charge < -0.3 is 14.8 Å². The highest BCUT2D eigenvalue weighted by atomic mass is 32.2. The van der Waals surface area contributed by atoms with Crippen LogP contribution in [-0.2, 0) is 0 Å². The van der Waals surface area contributed by atoms with Gasteiger partial charge >= 0.3 is 0 Å². The van der Waals surface area contributed by atoms with Gasteiger partial charge in [0.1, 0.15) is 17.1 Å². The fourth-order valence-electron chi connectivity index (χ4n) is 3.26. The molecule has 1 heterocycles. The molecule has 1 amide bonds. The predicted molar refractivity (Wildman–Crippen MR) is 105 cm³/mol. The number of nitrogens with one attached hydrogen (secondary N) is 1. The van der Waals surface area contributed by atoms with Gasteiger partial charge in [-0.3, -0.25) is 4.79 Å². The molecule has 1 atom stereocenters. The molecule has 4 nitrogen and oxygen atoms in total. The number of fused-ring (bicyclic) bond motifs is 1. The number of hydrogen-bond acceptors (Lipinski definition) is 4. The minimum absolute atomic E-state index is 0.0574. The number of thioether (sulfide) groups is 1. The molecule has 0 spiro atoms. The fourth-order valence-corrected chi connectivity index (χ4v) is 4.06. The summed E-state index contributed by atoms with van der Waals surface area (Å²) in [6.07, 6.45) is 0.696. The number of rotatable bonds is 5. The van der Waals surface area contributed by atoms with E-state index in [1.165, 1.54) is 0 Å². The standard InChI is InChI=1S/C21H25NO3S/c1-5-26-19-9-7-6-8-15(19)20(23)22-17-13-21(2,3)25-18-11-10-14(24-4)12-16(17)18/h6-12,17H,5,13H2,1-4H3,(H,22,23)/t17-/m0/s1. The molecule has 2 aromatic carbocycles. The van der Waals surface area contributed by atoms with Crippen molar-refractivity contribution in [1.29, 1.82) is 0 Å². The molecule has 138 valence electrons. The van der Waals surface area contributed by atoms with E-state index < -0.39 is 0 Å². The smallest absolute Gasteiger partial charge is 0.252 e. The van der Waals surface area contributed by atoms with Crippen molar-refractivity contribution < 1.29 is 14.3 Å². The highest BCUT2D eigenvalue weighted by Gasteiger charge is 2.35. The zero-order chi connectivity index (χ0) is 18.7. The van der Waals surface area contributed by atoms with Gasteiger partial charge in [0.2, 0.25) is 0 Å². The van der Waals surface area contributed by atoms with Gasteiger partial charge in [0.25, 0.3) is 5.91 Å². The van der Waals surface area contributed by atoms with Gasteiger partial charge in [-0.2, -0.15) is 0 Å². The molecule has 0 saturated carbocycles. The van der Waals surface area contributed by atoms with Gasteiger partial charge in [-0.1, -0.05) is 19.1 Å². The van der Waals surface area contributed by atoms with Crippen LogP contribution in [0.4, 0.5) is 0 Å². The van der Waals surface area contributed by atoms with Crippen LogP contribution in [0, 0.1) is 0 Å². The second kappa shape index (κ2) is 7.62. The number of carbonyl (C=O) groups excluding carboxylic acids is 1. The molecule has 1 N–H and O–H groups in total. The van der Waals surface area contributed by atoms with Crippen LogP contribution in [0.1, 0.15) is 49.2 Å². The highest BCUT2D eigenvalue weighted by molar-refractivity contribution is 7.99. The van der Waals surface area contributed by atoms with Crippen LogP contribution in [0.3, 0.4) is 0 Å². The van der Waals surface area contributed by atoms with E-state index >= 15 is 0 Å². The van der Waals surface area contributed by atoms with Crippen LogP contribution in [0.15, 0.2) is 47.4 Å². The first-order valence-electron chi connectivity index (χ1n) is 8.83. The lowest BCUT2D eigenvalue weighted by molar-refractivity contribution is 0.0617. The third-order valence-electron chi connectivity index (χ3n) is 4.41. The molecule has 0 saturated heterocycles. The summed E-state index contributed by atoms with van der Waals surface area (Å²) in [6, 6.07) is 13.4. The topological polar surface area (TPSA) is 47.6 Å². The van der Waals surface area contributed by atoms with Gasteiger partial charge in [-0.25, -0.2) is 0 Å². The van der Waals surface area contributed by atoms with E-state index in [2.05, 4.69) is 12.2 Å². The molecule has 1 aliphatic rings. The zero-order valence-corrected chi connectivity index (χ0v) is 16.5. The fraction of sp³-hybridized carbons (Fsp3) is 0.381. The van der Waals surface area contributed by atoms with Crippen molar-refractivity contribution in [2.75, 3.05) is 12.9 Å². The van der Waals surface area contributed by atoms with E-state index in [0.29, 0.717) is 12.0 Å². The Bertz CT molecular complexity index is 804. The summed E-state index contributed by atoms with van der Waals surface area (Å²) in [6.45, 7) is 6.17. The Hall–Kier alpha value is -2.14. The lowest BCUT2D eigenvalue weighted by Crippen LogP contribution is -2.41. The zero-order valence-electron chi connectivity index (χ0n) is 15.7. The monoisotopic (exact) mass is 371 g/mol. The molecular formula is C21H25NO3S. The Morgan fingerprint density at radius 1 is 1.31 bits per heavy atom. The van der Waals surface area contributed by atoms with Crippen molar-refractivity contribution >= 4 is 17.7 Å². The summed E-state index contributed by atoms with van der Waals surface area (Å²) in [5, 5.41) is 3.21. The maximum Gasteiger partial charge on any atom is 0.252 e. The van der Waals surface area contributed by atoms with Gasteiger partial charge in [-0.15, -0.1) is 11.8 Å². The lowest BCUT2D eigenvalue weighted by atomic mass is 9.89. The average molecular weight is 372 g/mol. The number of ether oxygens (including phenoxy) is 2. The quantitative estimate of drug-likeness (QED) is 0.764. The van der Waals surface area contributed by atoms with Crippen molar-refractivity contribution in [3.05, 3.63) is 53.6 Å². The molecule has 0 bridgehead atoms. The second-order valence-electron chi connectivity index (χ2n) is 6.92. The summed E-state index contributed by atoms with van der Waals surface area (Å²) in [7, 11) is 1.64. The molecule has 1 aliphatic heterocycles. The van der Waals surface area contributed by atoms with Gasteiger partial charge in [0.15, 0.2) is 0 Å². The van der Waals surface area contributed by atoms with E-state index in [1.54, 1.807) is 18.9 Å². The molecule has 26 heavy (non-hydrogen) atoms. The van der Waals surface area contributed by atoms with Crippen LogP contribution in [0.25, 0.3) is 0 Å². The van der Waals surface area contributed by atoms with Crippen molar-refractivity contribution in [3.63, 3.8) is 0 Å². The number of methoxy groups -OCH3 is 1. The number of amides is 1. The summed E-state index contributed by atoms with van der Waals surface area (Å²) >= 11 is 1.68. The Labute approximate surface area is 159 Å². The van der Waals surface area contributed by atoms with Crippen LogP contribution in [-0.4, -0.2) is 24.4 Å². The largest absolute Gasteiger partial charge is 0.497 e. The molecule has 3 rings (SSSR count). The summed E-state index contributed by atoms with van der Waals surface area (Å²) < 4.78 is 11.4. The molecule has 5 heteroatoms. The van der Waals surface area contributed by atoms with Crippen LogP contribution in [0.2, 0.25) is 0 Å². The van der Waals surface area contributed by atoms with E-state index in [1.807, 2.05) is 56.3 Å². The van der Waals surface area contributed by atoms with Crippen molar-refractivity contribution in [3.8, 4) is 11.5 Å². The molecule has 2 aromatic rings. The number of hydrogen-bond donors (Lipinski definition) is 1. The molecule has 0 aliphatic carbocycles. The average Bonchev–Trinajstić information content (AvgIpc) is 2.61. The second-order valence-corrected chi connectivity index (χ2v) is 8.23. The van der Waals surface area contributed by atoms with Gasteiger partial charge in [0.05, 0.1) is 18.7 Å². The van der Waals surface area contributed by atoms with E-state index in [9.17, 15) is 4.79 Å². The number of carbonyl (C=O) groups is 1. The Morgan fingerprint density at radius 3 is 2.81 bits per heavy atom. The molecule has 0 aromatic heterocycles. The Balaban J connectivity index is 1.91. The molecule has 0 radical (unpaired) electrons. The SMILES string of the molecule is CCSc1ccccc1C(=O)N[C@H]1CC(C)(C)Oc2ccc(OC)cc21. The van der Waals surface area contributed by atoms with E-state index in [-0.39, 0.29) is 17.6 Å². The van der Waals surface area contributed by atoms with Gasteiger partial charge in [0, 0.05) is 16.9 Å². The highest BCUT2D eigenvalue weighted by Crippen LogP contribution is 2.41. The van der Waals surface area contributed by atoms with E-state index in [4.69, 9.17) is 9.47 Å². The first-order chi connectivity index (χ1) is 12.4. The summed E-state index contributed by atoms with van der Waals surface area (Å²) in [5.41, 5.74) is 1.32. The summed E-state index contributed by atoms with van der Waals surface area (Å²) in [4.78, 5) is 14.0. The van der Waals surface area contributed by atoms with Crippen molar-refractivity contribution in [2.24, 2.45) is 0 Å². The minimum atomic E-state index is -0.350. The van der Waals surface area contributed by atoms with Crippen molar-refractivity contribution in [2.45, 2.75) is 43.7 Å². The molecule has 0 fully saturated rings. The Morgan fingerprint density at radius 2 is 2.08 bits per heavy atom. The maximum absolute atomic E-state index is 13.0. The van der Waals surface area contributed by atoms with Crippen LogP contribution >= 0.6 is 11.8 Å². The van der Waals surface area contributed by atoms with Crippen molar-refractivity contribution in [1.82, 2.24) is 5.32 Å². The maximum atomic E-state index is 13.0. The Kier molecular flexibility index (Phi) is 5.47. The van der Waals surface area contributed by atoms with Crippen LogP contribution < -0.4 is 14.8 Å². The summed E-state index contributed by atoms with van der Waals surface area (Å²) in [5.74, 6) is 2.42. The van der Waals surface area contributed by atoms with Crippen LogP contribution in [0.5, 0.6) is 11.5 Å². The third-order valence-corrected chi connectivity index (χ3v) is 5.37. The van der Waals surface area contributed by atoms with E-state index in [0.717, 1.165) is 27.7 Å². The lowest BCUT2D eigenvalue weighted by Gasteiger charge is -2.38. The first-order valence-corrected chi connectivity index (χ1v) is 9.81. The predicted octanol–water partition coefficient (Wildman–Crippen LogP) is 4.84. The first kappa shape index (κ1) is 18.6. The molecular weight excluding hydrogens is 346 g/mol. The third kappa shape index (κ3) is 3.98. The minimum Gasteiger partial charge on any atom is -0.497 e.